The molecule has 0 saturated carbocycles. The number of carboxylic acids is 1. The van der Waals surface area contributed by atoms with Crippen molar-refractivity contribution in [2.45, 2.75) is 26.1 Å². The number of rotatable bonds is 3. The molecule has 3 aromatic heterocycles. The Morgan fingerprint density at radius 3 is 2.32 bits per heavy atom. The van der Waals surface area contributed by atoms with Gasteiger partial charge in [-0.15, -0.1) is 16.4 Å². The van der Waals surface area contributed by atoms with Crippen LogP contribution in [0.25, 0.3) is 16.6 Å². The fraction of sp³-hybridized carbons (Fsp3) is 0.320. The van der Waals surface area contributed by atoms with Gasteiger partial charge in [-0.3, -0.25) is 9.69 Å². The fourth-order valence-electron chi connectivity index (χ4n) is 4.04. The maximum absolute atomic E-state index is 12.9. The van der Waals surface area contributed by atoms with E-state index in [9.17, 15) is 18.0 Å². The zero-order chi connectivity index (χ0) is 27.6. The number of aryl methyl sites for hydroxylation is 2. The van der Waals surface area contributed by atoms with E-state index in [2.05, 4.69) is 70.6 Å². The van der Waals surface area contributed by atoms with E-state index in [1.807, 2.05) is 27.9 Å². The number of halogens is 3. The number of pyridine rings is 1. The Morgan fingerprint density at radius 1 is 1.05 bits per heavy atom. The van der Waals surface area contributed by atoms with Gasteiger partial charge in [0.1, 0.15) is 11.4 Å². The van der Waals surface area contributed by atoms with Gasteiger partial charge < -0.3 is 10.0 Å². The van der Waals surface area contributed by atoms with Crippen molar-refractivity contribution >= 4 is 28.7 Å². The zero-order valence-electron chi connectivity index (χ0n) is 20.8. The minimum atomic E-state index is -5.08. The second-order valence-corrected chi connectivity index (χ2v) is 9.95. The molecule has 1 aliphatic heterocycles. The standard InChI is InChI=1S/C23H24N6OS.C2HF3O2/c1-15-4-6-17(7-5-15)18-8-9-20-22(25-26-29(20)12-18)21-13-28(11-10-27(21)3)23(30)19-14-31-16(2)24-19;3-2(4,5)1(6)7/h4-9,12,14,21H,10-11,13H2,1-3H3;(H,6,7). The molecule has 4 heterocycles. The van der Waals surface area contributed by atoms with Crippen LogP contribution in [0.5, 0.6) is 0 Å². The number of thiazole rings is 1. The van der Waals surface area contributed by atoms with Crippen LogP contribution in [0.15, 0.2) is 48.0 Å². The monoisotopic (exact) mass is 546 g/mol. The SMILES string of the molecule is Cc1ccc(-c2ccc3c(C4CN(C(=O)c5csc(C)n5)CCN4C)nnn3c2)cc1.O=C(O)C(F)(F)F. The third kappa shape index (κ3) is 6.00. The van der Waals surface area contributed by atoms with Crippen molar-refractivity contribution in [3.8, 4) is 11.1 Å². The first-order chi connectivity index (χ1) is 17.9. The normalized spacial score (nSPS) is 16.3. The van der Waals surface area contributed by atoms with Gasteiger partial charge in [0.05, 0.1) is 16.6 Å². The van der Waals surface area contributed by atoms with Crippen molar-refractivity contribution < 1.29 is 27.9 Å². The Labute approximate surface area is 220 Å². The quantitative estimate of drug-likeness (QED) is 0.410. The Morgan fingerprint density at radius 2 is 1.71 bits per heavy atom. The van der Waals surface area contributed by atoms with Gasteiger partial charge in [0.15, 0.2) is 0 Å². The molecule has 9 nitrogen and oxygen atoms in total. The lowest BCUT2D eigenvalue weighted by Crippen LogP contribution is -2.49. The molecule has 200 valence electrons. The minimum absolute atomic E-state index is 0.0134. The number of fused-ring (bicyclic) bond motifs is 1. The number of hydrogen-bond donors (Lipinski definition) is 1. The molecule has 38 heavy (non-hydrogen) atoms. The molecular formula is C25H25F3N6O3S. The number of benzene rings is 1. The number of carboxylic acid groups (broad SMARTS) is 1. The molecule has 0 bridgehead atoms. The van der Waals surface area contributed by atoms with Gasteiger partial charge in [-0.2, -0.15) is 13.2 Å². The molecule has 1 atom stereocenters. The molecular weight excluding hydrogens is 521 g/mol. The number of likely N-dealkylation sites (N-methyl/N-ethyl adjacent to an activating group) is 1. The number of amides is 1. The highest BCUT2D eigenvalue weighted by Gasteiger charge is 2.38. The van der Waals surface area contributed by atoms with Crippen molar-refractivity contribution in [1.29, 1.82) is 0 Å². The average Bonchev–Trinajstić information content (AvgIpc) is 3.50. The topological polar surface area (TPSA) is 104 Å². The molecule has 13 heteroatoms. The second-order valence-electron chi connectivity index (χ2n) is 8.89. The summed E-state index contributed by atoms with van der Waals surface area (Å²) in [5.74, 6) is -2.77. The number of alkyl halides is 3. The largest absolute Gasteiger partial charge is 0.490 e. The van der Waals surface area contributed by atoms with Gasteiger partial charge in [0.2, 0.25) is 0 Å². The first-order valence-corrected chi connectivity index (χ1v) is 12.5. The molecule has 1 N–H and O–H groups in total. The Balaban J connectivity index is 0.000000426. The summed E-state index contributed by atoms with van der Waals surface area (Å²) in [6, 6.07) is 12.6. The van der Waals surface area contributed by atoms with Gasteiger partial charge in [-0.1, -0.05) is 41.1 Å². The summed E-state index contributed by atoms with van der Waals surface area (Å²) in [6.45, 7) is 6.03. The van der Waals surface area contributed by atoms with E-state index in [1.54, 1.807) is 0 Å². The molecule has 5 rings (SSSR count). The molecule has 1 amide bonds. The molecule has 1 unspecified atom stereocenters. The van der Waals surface area contributed by atoms with Crippen molar-refractivity contribution in [2.24, 2.45) is 0 Å². The van der Waals surface area contributed by atoms with Gasteiger partial charge in [0.25, 0.3) is 5.91 Å². The van der Waals surface area contributed by atoms with Gasteiger partial charge in [0, 0.05) is 36.8 Å². The van der Waals surface area contributed by atoms with Crippen LogP contribution in [0.4, 0.5) is 13.2 Å². The predicted octanol–water partition coefficient (Wildman–Crippen LogP) is 4.23. The smallest absolute Gasteiger partial charge is 0.475 e. The van der Waals surface area contributed by atoms with E-state index in [1.165, 1.54) is 16.9 Å². The lowest BCUT2D eigenvalue weighted by atomic mass is 10.0. The lowest BCUT2D eigenvalue weighted by Gasteiger charge is -2.38. The van der Waals surface area contributed by atoms with E-state index in [0.717, 1.165) is 33.9 Å². The highest BCUT2D eigenvalue weighted by atomic mass is 32.1. The van der Waals surface area contributed by atoms with Gasteiger partial charge >= 0.3 is 12.1 Å². The lowest BCUT2D eigenvalue weighted by molar-refractivity contribution is -0.192. The molecule has 0 radical (unpaired) electrons. The zero-order valence-corrected chi connectivity index (χ0v) is 21.6. The Bertz CT molecular complexity index is 1450. The number of hydrogen-bond acceptors (Lipinski definition) is 7. The minimum Gasteiger partial charge on any atom is -0.475 e. The molecule has 1 fully saturated rings. The molecule has 4 aromatic rings. The van der Waals surface area contributed by atoms with Crippen LogP contribution >= 0.6 is 11.3 Å². The number of piperazine rings is 1. The first kappa shape index (κ1) is 27.2. The van der Waals surface area contributed by atoms with Crippen molar-refractivity contribution in [1.82, 2.24) is 29.6 Å². The molecule has 0 spiro atoms. The molecule has 1 aliphatic rings. The Kier molecular flexibility index (Phi) is 7.78. The Hall–Kier alpha value is -3.84. The third-order valence-corrected chi connectivity index (χ3v) is 6.93. The van der Waals surface area contributed by atoms with Crippen molar-refractivity contribution in [3.05, 3.63) is 69.9 Å². The number of aromatic nitrogens is 4. The number of carbonyl (C=O) groups is 2. The maximum atomic E-state index is 12.9. The maximum Gasteiger partial charge on any atom is 0.490 e. The third-order valence-electron chi connectivity index (χ3n) is 6.16. The molecule has 1 saturated heterocycles. The van der Waals surface area contributed by atoms with E-state index in [-0.39, 0.29) is 11.9 Å². The summed E-state index contributed by atoms with van der Waals surface area (Å²) in [4.78, 5) is 30.3. The predicted molar refractivity (Wildman–Crippen MR) is 135 cm³/mol. The second kappa shape index (κ2) is 10.9. The summed E-state index contributed by atoms with van der Waals surface area (Å²) in [5, 5.41) is 18.8. The number of carbonyl (C=O) groups excluding carboxylic acids is 1. The van der Waals surface area contributed by atoms with E-state index >= 15 is 0 Å². The summed E-state index contributed by atoms with van der Waals surface area (Å²) < 4.78 is 33.6. The van der Waals surface area contributed by atoms with Crippen molar-refractivity contribution in [2.75, 3.05) is 26.7 Å². The van der Waals surface area contributed by atoms with Crippen LogP contribution < -0.4 is 0 Å². The van der Waals surface area contributed by atoms with Gasteiger partial charge in [-0.25, -0.2) is 14.3 Å². The summed E-state index contributed by atoms with van der Waals surface area (Å²) in [5.41, 5.74) is 5.87. The highest BCUT2D eigenvalue weighted by Crippen LogP contribution is 2.28. The number of aliphatic carboxylic acids is 1. The first-order valence-electron chi connectivity index (χ1n) is 11.6. The van der Waals surface area contributed by atoms with Crippen LogP contribution in [-0.2, 0) is 4.79 Å². The summed E-state index contributed by atoms with van der Waals surface area (Å²) >= 11 is 1.50. The average molecular weight is 547 g/mol. The molecule has 0 aliphatic carbocycles. The van der Waals surface area contributed by atoms with Crippen LogP contribution in [0.2, 0.25) is 0 Å². The van der Waals surface area contributed by atoms with E-state index < -0.39 is 12.1 Å². The van der Waals surface area contributed by atoms with Crippen LogP contribution in [0.1, 0.15) is 32.8 Å². The highest BCUT2D eigenvalue weighted by molar-refractivity contribution is 7.09. The van der Waals surface area contributed by atoms with Crippen molar-refractivity contribution in [3.63, 3.8) is 0 Å². The fourth-order valence-corrected chi connectivity index (χ4v) is 4.63. The van der Waals surface area contributed by atoms with Crippen LogP contribution in [-0.4, -0.2) is 79.5 Å². The van der Waals surface area contributed by atoms with E-state index in [4.69, 9.17) is 9.90 Å². The van der Waals surface area contributed by atoms with Crippen LogP contribution in [0, 0.1) is 13.8 Å². The van der Waals surface area contributed by atoms with Crippen LogP contribution in [0.3, 0.4) is 0 Å². The summed E-state index contributed by atoms with van der Waals surface area (Å²) in [7, 11) is 2.07. The summed E-state index contributed by atoms with van der Waals surface area (Å²) in [6.07, 6.45) is -3.07. The molecule has 1 aromatic carbocycles. The number of nitrogens with zero attached hydrogens (tertiary/aromatic N) is 6. The van der Waals surface area contributed by atoms with E-state index in [0.29, 0.717) is 18.8 Å². The van der Waals surface area contributed by atoms with Gasteiger partial charge in [-0.05, 0) is 32.5 Å².